The fourth-order valence-electron chi connectivity index (χ4n) is 2.07. The van der Waals surface area contributed by atoms with E-state index in [4.69, 9.17) is 5.11 Å². The van der Waals surface area contributed by atoms with Crippen LogP contribution in [0.1, 0.15) is 25.7 Å². The van der Waals surface area contributed by atoms with Crippen LogP contribution in [0, 0.1) is 5.92 Å². The smallest absolute Gasteiger partial charge is 0.326 e. The van der Waals surface area contributed by atoms with Gasteiger partial charge in [-0.05, 0) is 25.2 Å². The van der Waals surface area contributed by atoms with Gasteiger partial charge in [-0.1, -0.05) is 0 Å². The molecule has 6 heteroatoms. The van der Waals surface area contributed by atoms with Crippen molar-refractivity contribution < 1.29 is 19.5 Å². The van der Waals surface area contributed by atoms with Crippen molar-refractivity contribution in [3.63, 3.8) is 0 Å². The molecule has 1 heterocycles. The molecule has 0 spiro atoms. The molecular weight excluding hydrogens is 224 g/mol. The average Bonchev–Trinajstić information content (AvgIpc) is 3.01. The zero-order valence-corrected chi connectivity index (χ0v) is 9.52. The Morgan fingerprint density at radius 2 is 2.18 bits per heavy atom. The minimum absolute atomic E-state index is 0.0185. The van der Waals surface area contributed by atoms with Crippen LogP contribution in [-0.2, 0) is 14.4 Å². The Bertz CT molecular complexity index is 351. The van der Waals surface area contributed by atoms with Crippen molar-refractivity contribution >= 4 is 17.8 Å². The Morgan fingerprint density at radius 1 is 1.47 bits per heavy atom. The van der Waals surface area contributed by atoms with Crippen molar-refractivity contribution in [2.45, 2.75) is 31.7 Å². The topological polar surface area (TPSA) is 86.7 Å². The van der Waals surface area contributed by atoms with E-state index in [9.17, 15) is 14.4 Å². The highest BCUT2D eigenvalue weighted by Gasteiger charge is 2.37. The summed E-state index contributed by atoms with van der Waals surface area (Å²) in [6.45, 7) is 0.572. The van der Waals surface area contributed by atoms with Gasteiger partial charge >= 0.3 is 5.97 Å². The van der Waals surface area contributed by atoms with Crippen molar-refractivity contribution in [2.75, 3.05) is 13.1 Å². The third-order valence-corrected chi connectivity index (χ3v) is 3.18. The van der Waals surface area contributed by atoms with Gasteiger partial charge in [-0.2, -0.15) is 0 Å². The van der Waals surface area contributed by atoms with Crippen LogP contribution in [0.3, 0.4) is 0 Å². The monoisotopic (exact) mass is 240 g/mol. The fraction of sp³-hybridized carbons (Fsp3) is 0.727. The molecule has 2 aliphatic rings. The summed E-state index contributed by atoms with van der Waals surface area (Å²) in [5.74, 6) is -1.34. The van der Waals surface area contributed by atoms with Gasteiger partial charge in [0.05, 0.1) is 6.54 Å². The van der Waals surface area contributed by atoms with Crippen LogP contribution in [0.2, 0.25) is 0 Å². The summed E-state index contributed by atoms with van der Waals surface area (Å²) in [5.41, 5.74) is 0. The number of carboxylic acids is 1. The van der Waals surface area contributed by atoms with Crippen LogP contribution >= 0.6 is 0 Å². The predicted octanol–water partition coefficient (Wildman–Crippen LogP) is -0.412. The summed E-state index contributed by atoms with van der Waals surface area (Å²) in [7, 11) is 0. The lowest BCUT2D eigenvalue weighted by molar-refractivity contribution is -0.142. The number of aliphatic carboxylic acids is 1. The molecule has 0 aromatic carbocycles. The average molecular weight is 240 g/mol. The maximum absolute atomic E-state index is 11.6. The molecule has 1 unspecified atom stereocenters. The molecule has 1 saturated heterocycles. The van der Waals surface area contributed by atoms with Gasteiger partial charge in [0.25, 0.3) is 0 Å². The van der Waals surface area contributed by atoms with Crippen LogP contribution in [0.25, 0.3) is 0 Å². The van der Waals surface area contributed by atoms with Gasteiger partial charge < -0.3 is 15.3 Å². The number of rotatable bonds is 5. The normalized spacial score (nSPS) is 21.4. The lowest BCUT2D eigenvalue weighted by Crippen LogP contribution is -2.46. The molecule has 1 aliphatic carbocycles. The van der Waals surface area contributed by atoms with Gasteiger partial charge in [0, 0.05) is 13.0 Å². The van der Waals surface area contributed by atoms with Crippen molar-refractivity contribution in [2.24, 2.45) is 5.92 Å². The molecule has 1 saturated carbocycles. The van der Waals surface area contributed by atoms with Gasteiger partial charge in [-0.3, -0.25) is 9.59 Å². The van der Waals surface area contributed by atoms with Gasteiger partial charge in [0.2, 0.25) is 11.8 Å². The van der Waals surface area contributed by atoms with E-state index in [1.165, 1.54) is 4.90 Å². The van der Waals surface area contributed by atoms with Crippen LogP contribution < -0.4 is 5.32 Å². The number of nitrogens with zero attached hydrogens (tertiary/aromatic N) is 1. The number of nitrogens with one attached hydrogen (secondary N) is 1. The zero-order chi connectivity index (χ0) is 12.4. The van der Waals surface area contributed by atoms with Crippen LogP contribution in [0.4, 0.5) is 0 Å². The first-order valence-corrected chi connectivity index (χ1v) is 5.88. The van der Waals surface area contributed by atoms with Crippen LogP contribution in [-0.4, -0.2) is 46.9 Å². The number of carboxylic acid groups (broad SMARTS) is 1. The van der Waals surface area contributed by atoms with Crippen molar-refractivity contribution in [1.82, 2.24) is 10.2 Å². The Balaban J connectivity index is 1.83. The molecule has 1 aliphatic heterocycles. The highest BCUT2D eigenvalue weighted by Crippen LogP contribution is 2.32. The number of carbonyl (C=O) groups is 3. The van der Waals surface area contributed by atoms with Crippen LogP contribution in [0.5, 0.6) is 0 Å². The van der Waals surface area contributed by atoms with E-state index < -0.39 is 12.0 Å². The molecule has 0 aromatic rings. The van der Waals surface area contributed by atoms with Gasteiger partial charge in [-0.15, -0.1) is 0 Å². The highest BCUT2D eigenvalue weighted by molar-refractivity contribution is 5.88. The molecule has 0 radical (unpaired) electrons. The number of amides is 2. The van der Waals surface area contributed by atoms with Gasteiger partial charge in [0.15, 0.2) is 0 Å². The molecule has 0 bridgehead atoms. The summed E-state index contributed by atoms with van der Waals surface area (Å²) in [4.78, 5) is 35.3. The maximum atomic E-state index is 11.6. The molecule has 0 aromatic heterocycles. The van der Waals surface area contributed by atoms with E-state index in [0.717, 1.165) is 19.3 Å². The highest BCUT2D eigenvalue weighted by atomic mass is 16.4. The maximum Gasteiger partial charge on any atom is 0.326 e. The SMILES string of the molecule is O=C(CN1CCCC1=O)NC(C(=O)O)C1CC1. The summed E-state index contributed by atoms with van der Waals surface area (Å²) >= 11 is 0. The molecule has 6 nitrogen and oxygen atoms in total. The molecule has 2 fully saturated rings. The molecule has 1 atom stereocenters. The second kappa shape index (κ2) is 4.73. The predicted molar refractivity (Wildman–Crippen MR) is 58.1 cm³/mol. The minimum atomic E-state index is -0.992. The van der Waals surface area contributed by atoms with E-state index in [2.05, 4.69) is 5.32 Å². The van der Waals surface area contributed by atoms with Gasteiger partial charge in [0.1, 0.15) is 6.04 Å². The second-order valence-electron chi connectivity index (χ2n) is 4.64. The van der Waals surface area contributed by atoms with Crippen molar-refractivity contribution in [3.05, 3.63) is 0 Å². The third kappa shape index (κ3) is 2.95. The Kier molecular flexibility index (Phi) is 3.31. The summed E-state index contributed by atoms with van der Waals surface area (Å²) in [5, 5.41) is 11.4. The number of carbonyl (C=O) groups excluding carboxylic acids is 2. The van der Waals surface area contributed by atoms with E-state index in [0.29, 0.717) is 13.0 Å². The summed E-state index contributed by atoms with van der Waals surface area (Å²) in [6.07, 6.45) is 2.95. The van der Waals surface area contributed by atoms with E-state index >= 15 is 0 Å². The molecule has 2 N–H and O–H groups in total. The van der Waals surface area contributed by atoms with E-state index in [1.807, 2.05) is 0 Å². The van der Waals surface area contributed by atoms with Crippen LogP contribution in [0.15, 0.2) is 0 Å². The van der Waals surface area contributed by atoms with Crippen molar-refractivity contribution in [1.29, 1.82) is 0 Å². The van der Waals surface area contributed by atoms with Gasteiger partial charge in [-0.25, -0.2) is 4.79 Å². The number of hydrogen-bond donors (Lipinski definition) is 2. The number of likely N-dealkylation sites (tertiary alicyclic amines) is 1. The van der Waals surface area contributed by atoms with E-state index in [1.54, 1.807) is 0 Å². The first kappa shape index (κ1) is 11.9. The summed E-state index contributed by atoms with van der Waals surface area (Å²) in [6, 6.07) is -0.791. The molecule has 17 heavy (non-hydrogen) atoms. The first-order chi connectivity index (χ1) is 8.08. The molecule has 94 valence electrons. The minimum Gasteiger partial charge on any atom is -0.480 e. The standard InChI is InChI=1S/C11H16N2O4/c14-8(6-13-5-1-2-9(13)15)12-10(11(16)17)7-3-4-7/h7,10H,1-6H2,(H,12,14)(H,16,17). The molecule has 2 amide bonds. The Labute approximate surface area is 99.0 Å². The lowest BCUT2D eigenvalue weighted by atomic mass is 10.2. The zero-order valence-electron chi connectivity index (χ0n) is 9.52. The quantitative estimate of drug-likeness (QED) is 0.684. The van der Waals surface area contributed by atoms with E-state index in [-0.39, 0.29) is 24.3 Å². The third-order valence-electron chi connectivity index (χ3n) is 3.18. The summed E-state index contributed by atoms with van der Waals surface area (Å²) < 4.78 is 0. The fourth-order valence-corrected chi connectivity index (χ4v) is 2.07. The Morgan fingerprint density at radius 3 is 2.65 bits per heavy atom. The molecule has 2 rings (SSSR count). The number of hydrogen-bond acceptors (Lipinski definition) is 3. The first-order valence-electron chi connectivity index (χ1n) is 5.88. The largest absolute Gasteiger partial charge is 0.480 e. The molecular formula is C11H16N2O4. The van der Waals surface area contributed by atoms with Crippen molar-refractivity contribution in [3.8, 4) is 0 Å². The lowest BCUT2D eigenvalue weighted by Gasteiger charge is -2.18. The second-order valence-corrected chi connectivity index (χ2v) is 4.64. The Hall–Kier alpha value is -1.59.